The third-order valence-electron chi connectivity index (χ3n) is 9.31. The van der Waals surface area contributed by atoms with E-state index in [1.54, 1.807) is 42.5 Å². The summed E-state index contributed by atoms with van der Waals surface area (Å²) in [6, 6.07) is 12.2. The number of fused-ring (bicyclic) bond motifs is 1. The van der Waals surface area contributed by atoms with Crippen molar-refractivity contribution in [2.24, 2.45) is 5.92 Å². The van der Waals surface area contributed by atoms with Gasteiger partial charge in [-0.2, -0.15) is 0 Å². The number of Topliss-reactive ketones (excluding diaryl/α,β-unsaturated/α-hetero) is 1. The number of rotatable bonds is 14. The van der Waals surface area contributed by atoms with Gasteiger partial charge in [0.05, 0.1) is 42.3 Å². The molecular weight excluding hydrogens is 674 g/mol. The molecule has 0 radical (unpaired) electrons. The number of imide groups is 2. The van der Waals surface area contributed by atoms with Crippen molar-refractivity contribution in [3.63, 3.8) is 0 Å². The molecule has 5 amide bonds. The lowest BCUT2D eigenvalue weighted by Crippen LogP contribution is -2.54. The molecule has 3 aliphatic heterocycles. The Labute approximate surface area is 298 Å². The number of hydrogen-bond acceptors (Lipinski definition) is 13. The number of phenolic OH excluding ortho intramolecular Hbond substituents is 1. The highest BCUT2D eigenvalue weighted by Crippen LogP contribution is 2.33. The summed E-state index contributed by atoms with van der Waals surface area (Å²) in [5.74, 6) is -2.63. The Kier molecular flexibility index (Phi) is 11.2. The van der Waals surface area contributed by atoms with E-state index in [9.17, 15) is 33.9 Å². The van der Waals surface area contributed by atoms with Gasteiger partial charge in [0.25, 0.3) is 11.8 Å². The molecule has 2 saturated heterocycles. The summed E-state index contributed by atoms with van der Waals surface area (Å²) in [5, 5.41) is 23.5. The van der Waals surface area contributed by atoms with Crippen LogP contribution in [0.25, 0.3) is 11.3 Å². The van der Waals surface area contributed by atoms with Crippen molar-refractivity contribution in [1.29, 1.82) is 0 Å². The average molecular weight is 714 g/mol. The van der Waals surface area contributed by atoms with E-state index in [4.69, 9.17) is 15.2 Å². The highest BCUT2D eigenvalue weighted by Gasteiger charge is 2.45. The number of aromatic nitrogens is 2. The number of hydrogen-bond donors (Lipinski definition) is 4. The van der Waals surface area contributed by atoms with Gasteiger partial charge in [0.2, 0.25) is 17.7 Å². The second-order valence-electron chi connectivity index (χ2n) is 12.7. The number of ether oxygens (including phenoxy) is 2. The van der Waals surface area contributed by atoms with Crippen molar-refractivity contribution >= 4 is 46.8 Å². The minimum atomic E-state index is -1.09. The average Bonchev–Trinajstić information content (AvgIpc) is 3.39. The number of carbonyl (C=O) groups excluding carboxylic acids is 6. The highest BCUT2D eigenvalue weighted by atomic mass is 16.5. The normalized spacial score (nSPS) is 17.7. The Morgan fingerprint density at radius 1 is 0.923 bits per heavy atom. The number of nitrogen functional groups attached to an aromatic ring is 1. The molecule has 52 heavy (non-hydrogen) atoms. The number of carbonyl (C=O) groups is 6. The van der Waals surface area contributed by atoms with E-state index in [0.717, 1.165) is 4.90 Å². The minimum Gasteiger partial charge on any atom is -0.507 e. The number of nitrogens with two attached hydrogens (primary N) is 1. The lowest BCUT2D eigenvalue weighted by Gasteiger charge is -2.33. The van der Waals surface area contributed by atoms with Crippen molar-refractivity contribution < 1.29 is 43.3 Å². The van der Waals surface area contributed by atoms with Gasteiger partial charge in [0.1, 0.15) is 18.4 Å². The predicted molar refractivity (Wildman–Crippen MR) is 185 cm³/mol. The summed E-state index contributed by atoms with van der Waals surface area (Å²) in [6.45, 7) is 1.85. The summed E-state index contributed by atoms with van der Waals surface area (Å²) >= 11 is 0. The SMILES string of the molecule is Nc1nnc(-c2ccccc2O)cc1N1CCC(C(=O)NCCOCCOCC(=O)Cc2cccc3c2C(=O)N(C2CCC(=O)NC2=O)C3=O)CC1. The molecular formula is C36H39N7O9. The van der Waals surface area contributed by atoms with Crippen LogP contribution in [0.1, 0.15) is 52.0 Å². The Hall–Kier alpha value is -5.74. The molecule has 2 aromatic carbocycles. The van der Waals surface area contributed by atoms with Crippen molar-refractivity contribution in [1.82, 2.24) is 25.7 Å². The fraction of sp³-hybridized carbons (Fsp3) is 0.389. The van der Waals surface area contributed by atoms with Crippen molar-refractivity contribution in [3.05, 3.63) is 65.2 Å². The number of aromatic hydroxyl groups is 1. The lowest BCUT2D eigenvalue weighted by molar-refractivity contribution is -0.136. The van der Waals surface area contributed by atoms with Gasteiger partial charge < -0.3 is 30.5 Å². The first-order valence-corrected chi connectivity index (χ1v) is 17.1. The molecule has 4 heterocycles. The van der Waals surface area contributed by atoms with Crippen LogP contribution in [0.4, 0.5) is 11.5 Å². The number of piperidine rings is 2. The zero-order valence-corrected chi connectivity index (χ0v) is 28.3. The predicted octanol–water partition coefficient (Wildman–Crippen LogP) is 1.01. The van der Waals surface area contributed by atoms with E-state index in [1.807, 2.05) is 0 Å². The largest absolute Gasteiger partial charge is 0.507 e. The quantitative estimate of drug-likeness (QED) is 0.135. The van der Waals surface area contributed by atoms with Crippen molar-refractivity contribution in [2.45, 2.75) is 38.1 Å². The zero-order chi connectivity index (χ0) is 36.8. The Morgan fingerprint density at radius 3 is 2.44 bits per heavy atom. The van der Waals surface area contributed by atoms with Gasteiger partial charge in [0.15, 0.2) is 11.6 Å². The number of para-hydroxylation sites is 1. The van der Waals surface area contributed by atoms with Gasteiger partial charge in [-0.3, -0.25) is 39.0 Å². The Balaban J connectivity index is 0.869. The van der Waals surface area contributed by atoms with Crippen LogP contribution in [0.3, 0.4) is 0 Å². The fourth-order valence-corrected chi connectivity index (χ4v) is 6.64. The van der Waals surface area contributed by atoms with Crippen LogP contribution in [-0.2, 0) is 35.1 Å². The van der Waals surface area contributed by atoms with Crippen LogP contribution in [-0.4, -0.2) is 108 Å². The molecule has 2 fully saturated rings. The van der Waals surface area contributed by atoms with E-state index < -0.39 is 29.7 Å². The molecule has 1 aromatic heterocycles. The van der Waals surface area contributed by atoms with Gasteiger partial charge in [-0.15, -0.1) is 10.2 Å². The van der Waals surface area contributed by atoms with E-state index in [0.29, 0.717) is 55.0 Å². The number of nitrogens with zero attached hydrogens (tertiary/aromatic N) is 4. The molecule has 1 unspecified atom stereocenters. The van der Waals surface area contributed by atoms with Gasteiger partial charge in [-0.25, -0.2) is 0 Å². The van der Waals surface area contributed by atoms with E-state index in [2.05, 4.69) is 25.7 Å². The second kappa shape index (κ2) is 16.1. The lowest BCUT2D eigenvalue weighted by atomic mass is 9.95. The van der Waals surface area contributed by atoms with Crippen molar-refractivity contribution in [3.8, 4) is 17.0 Å². The number of amides is 5. The molecule has 0 saturated carbocycles. The monoisotopic (exact) mass is 713 g/mol. The van der Waals surface area contributed by atoms with Crippen molar-refractivity contribution in [2.75, 3.05) is 56.7 Å². The second-order valence-corrected chi connectivity index (χ2v) is 12.7. The maximum Gasteiger partial charge on any atom is 0.262 e. The highest BCUT2D eigenvalue weighted by molar-refractivity contribution is 6.24. The smallest absolute Gasteiger partial charge is 0.262 e. The first-order chi connectivity index (χ1) is 25.1. The molecule has 16 nitrogen and oxygen atoms in total. The van der Waals surface area contributed by atoms with Gasteiger partial charge in [0, 0.05) is 44.0 Å². The molecule has 0 spiro atoms. The molecule has 5 N–H and O–H groups in total. The van der Waals surface area contributed by atoms with E-state index in [1.165, 1.54) is 6.07 Å². The van der Waals surface area contributed by atoms with Gasteiger partial charge >= 0.3 is 0 Å². The molecule has 0 bridgehead atoms. The fourth-order valence-electron chi connectivity index (χ4n) is 6.64. The molecule has 3 aliphatic rings. The van der Waals surface area contributed by atoms with Crippen LogP contribution >= 0.6 is 0 Å². The summed E-state index contributed by atoms with van der Waals surface area (Å²) in [7, 11) is 0. The standard InChI is InChI=1S/C36H39N7O9/c37-32-28(19-26(40-41-32)24-5-1-2-7-29(24)45)42-13-10-21(11-14-42)33(47)38-12-15-51-16-17-52-20-23(44)18-22-4-3-6-25-31(22)36(50)43(35(25)49)27-8-9-30(46)39-34(27)48/h1-7,19,21,27,45H,8-18,20H2,(H2,37,41)(H,38,47)(H,39,46,48). The first-order valence-electron chi connectivity index (χ1n) is 17.1. The molecule has 6 rings (SSSR count). The Bertz CT molecular complexity index is 1890. The number of anilines is 2. The third-order valence-corrected chi connectivity index (χ3v) is 9.31. The summed E-state index contributed by atoms with van der Waals surface area (Å²) < 4.78 is 11.0. The topological polar surface area (TPSA) is 223 Å². The molecule has 16 heteroatoms. The molecule has 272 valence electrons. The maximum atomic E-state index is 13.2. The van der Waals surface area contributed by atoms with Crippen LogP contribution in [0.5, 0.6) is 5.75 Å². The summed E-state index contributed by atoms with van der Waals surface area (Å²) in [5.41, 5.74) is 8.44. The van der Waals surface area contributed by atoms with E-state index in [-0.39, 0.29) is 86.0 Å². The molecule has 1 atom stereocenters. The van der Waals surface area contributed by atoms with E-state index >= 15 is 0 Å². The third kappa shape index (κ3) is 7.92. The number of phenols is 1. The van der Waals surface area contributed by atoms with Crippen LogP contribution in [0.15, 0.2) is 48.5 Å². The van der Waals surface area contributed by atoms with Crippen LogP contribution in [0.2, 0.25) is 0 Å². The maximum absolute atomic E-state index is 13.2. The Morgan fingerprint density at radius 2 is 1.67 bits per heavy atom. The summed E-state index contributed by atoms with van der Waals surface area (Å²) in [4.78, 5) is 78.5. The van der Waals surface area contributed by atoms with Gasteiger partial charge in [-0.1, -0.05) is 24.3 Å². The number of nitrogens with one attached hydrogen (secondary N) is 2. The number of ketones is 1. The van der Waals surface area contributed by atoms with Gasteiger partial charge in [-0.05, 0) is 49.1 Å². The molecule has 3 aromatic rings. The number of benzene rings is 2. The van der Waals surface area contributed by atoms with Crippen LogP contribution in [0, 0.1) is 5.92 Å². The van der Waals surface area contributed by atoms with Crippen LogP contribution < -0.4 is 21.3 Å². The molecule has 0 aliphatic carbocycles. The minimum absolute atomic E-state index is 0.0129. The first kappa shape index (κ1) is 36.1. The zero-order valence-electron chi connectivity index (χ0n) is 28.3. The summed E-state index contributed by atoms with van der Waals surface area (Å²) in [6.07, 6.45) is 1.15.